The van der Waals surface area contributed by atoms with Crippen molar-refractivity contribution in [3.63, 3.8) is 0 Å². The summed E-state index contributed by atoms with van der Waals surface area (Å²) in [4.78, 5) is 12.7. The number of aryl methyl sites for hydroxylation is 1. The summed E-state index contributed by atoms with van der Waals surface area (Å²) in [5, 5.41) is 7.95. The van der Waals surface area contributed by atoms with Crippen LogP contribution in [0.4, 0.5) is 0 Å². The van der Waals surface area contributed by atoms with E-state index in [2.05, 4.69) is 10.2 Å². The van der Waals surface area contributed by atoms with Gasteiger partial charge in [0.2, 0.25) is 6.79 Å². The summed E-state index contributed by atoms with van der Waals surface area (Å²) in [5.74, 6) is 1.80. The molecule has 0 radical (unpaired) electrons. The van der Waals surface area contributed by atoms with Gasteiger partial charge in [0.25, 0.3) is 5.88 Å². The molecule has 2 aromatic carbocycles. The number of halogens is 1. The summed E-state index contributed by atoms with van der Waals surface area (Å²) in [6, 6.07) is 12.2. The van der Waals surface area contributed by atoms with Gasteiger partial charge in [-0.1, -0.05) is 29.8 Å². The van der Waals surface area contributed by atoms with E-state index in [-0.39, 0.29) is 23.6 Å². The van der Waals surface area contributed by atoms with Crippen molar-refractivity contribution in [1.82, 2.24) is 10.2 Å². The van der Waals surface area contributed by atoms with E-state index in [4.69, 9.17) is 30.5 Å². The summed E-state index contributed by atoms with van der Waals surface area (Å²) in [5.41, 5.74) is 2.37. The van der Waals surface area contributed by atoms with E-state index in [1.165, 1.54) is 6.07 Å². The lowest BCUT2D eigenvalue weighted by Gasteiger charge is -2.15. The van der Waals surface area contributed by atoms with Crippen LogP contribution in [0.15, 0.2) is 42.5 Å². The number of fused-ring (bicyclic) bond motifs is 1. The van der Waals surface area contributed by atoms with Crippen molar-refractivity contribution in [2.24, 2.45) is 0 Å². The Morgan fingerprint density at radius 3 is 2.77 bits per heavy atom. The SMILES string of the molecule is Cc1cccc(C2CC2)c1Oc1nnc(Cl)cc1OC(=O)c1ccc2c(c1)OCO2. The highest BCUT2D eigenvalue weighted by molar-refractivity contribution is 6.29. The Labute approximate surface area is 177 Å². The van der Waals surface area contributed by atoms with Gasteiger partial charge < -0.3 is 18.9 Å². The summed E-state index contributed by atoms with van der Waals surface area (Å²) < 4.78 is 22.2. The first kappa shape index (κ1) is 18.7. The number of ether oxygens (including phenoxy) is 4. The highest BCUT2D eigenvalue weighted by Crippen LogP contribution is 2.47. The number of para-hydroxylation sites is 1. The lowest BCUT2D eigenvalue weighted by Crippen LogP contribution is -2.10. The van der Waals surface area contributed by atoms with Gasteiger partial charge in [-0.05, 0) is 55.0 Å². The fourth-order valence-electron chi connectivity index (χ4n) is 3.29. The summed E-state index contributed by atoms with van der Waals surface area (Å²) in [6.45, 7) is 2.08. The molecule has 1 aliphatic carbocycles. The summed E-state index contributed by atoms with van der Waals surface area (Å²) >= 11 is 5.99. The zero-order chi connectivity index (χ0) is 20.7. The van der Waals surface area contributed by atoms with Crippen LogP contribution in [-0.4, -0.2) is 23.0 Å². The molecule has 0 bridgehead atoms. The molecule has 0 N–H and O–H groups in total. The number of nitrogens with zero attached hydrogens (tertiary/aromatic N) is 2. The zero-order valence-corrected chi connectivity index (χ0v) is 16.8. The normalized spacial score (nSPS) is 14.5. The standard InChI is InChI=1S/C22H17ClN2O5/c1-12-3-2-4-15(13-5-6-13)20(12)30-21-18(10-19(23)24-25-21)29-22(26)14-7-8-16-17(9-14)28-11-27-16/h2-4,7-10,13H,5-6,11H2,1H3. The van der Waals surface area contributed by atoms with Gasteiger partial charge in [0, 0.05) is 6.07 Å². The average molecular weight is 425 g/mol. The van der Waals surface area contributed by atoms with E-state index in [1.807, 2.05) is 25.1 Å². The fourth-order valence-corrected chi connectivity index (χ4v) is 3.43. The lowest BCUT2D eigenvalue weighted by atomic mass is 10.1. The molecule has 1 fully saturated rings. The Balaban J connectivity index is 1.44. The fraction of sp³-hybridized carbons (Fsp3) is 0.227. The second-order valence-corrected chi connectivity index (χ2v) is 7.55. The van der Waals surface area contributed by atoms with Crippen LogP contribution in [-0.2, 0) is 0 Å². The van der Waals surface area contributed by atoms with E-state index < -0.39 is 5.97 Å². The number of hydrogen-bond acceptors (Lipinski definition) is 7. The molecule has 1 aliphatic heterocycles. The molecule has 2 heterocycles. The third-order valence-corrected chi connectivity index (χ3v) is 5.15. The van der Waals surface area contributed by atoms with Crippen molar-refractivity contribution in [3.05, 3.63) is 64.3 Å². The number of rotatable bonds is 5. The Morgan fingerprint density at radius 1 is 1.10 bits per heavy atom. The van der Waals surface area contributed by atoms with E-state index in [1.54, 1.807) is 18.2 Å². The number of carbonyl (C=O) groups excluding carboxylic acids is 1. The number of esters is 1. The Kier molecular flexibility index (Phi) is 4.67. The van der Waals surface area contributed by atoms with Gasteiger partial charge in [-0.25, -0.2) is 4.79 Å². The van der Waals surface area contributed by atoms with Crippen molar-refractivity contribution >= 4 is 17.6 Å². The van der Waals surface area contributed by atoms with E-state index in [9.17, 15) is 4.79 Å². The van der Waals surface area contributed by atoms with Gasteiger partial charge in [0.05, 0.1) is 5.56 Å². The van der Waals surface area contributed by atoms with E-state index in [0.717, 1.165) is 24.0 Å². The molecule has 2 aliphatic rings. The number of benzene rings is 2. The summed E-state index contributed by atoms with van der Waals surface area (Å²) in [6.07, 6.45) is 2.25. The third-order valence-electron chi connectivity index (χ3n) is 4.97. The number of aromatic nitrogens is 2. The molecule has 1 aromatic heterocycles. The minimum Gasteiger partial charge on any atom is -0.454 e. The first-order chi connectivity index (χ1) is 14.6. The maximum Gasteiger partial charge on any atom is 0.343 e. The molecule has 8 heteroatoms. The second-order valence-electron chi connectivity index (χ2n) is 7.16. The molecular weight excluding hydrogens is 408 g/mol. The molecule has 0 unspecified atom stereocenters. The molecule has 5 rings (SSSR count). The van der Waals surface area contributed by atoms with E-state index in [0.29, 0.717) is 28.7 Å². The lowest BCUT2D eigenvalue weighted by molar-refractivity contribution is 0.0728. The maximum atomic E-state index is 12.7. The van der Waals surface area contributed by atoms with Crippen molar-refractivity contribution in [3.8, 4) is 28.9 Å². The van der Waals surface area contributed by atoms with Crippen LogP contribution in [0.25, 0.3) is 0 Å². The molecule has 3 aromatic rings. The van der Waals surface area contributed by atoms with Gasteiger partial charge in [-0.3, -0.25) is 0 Å². The van der Waals surface area contributed by atoms with Crippen molar-refractivity contribution < 1.29 is 23.7 Å². The van der Waals surface area contributed by atoms with Crippen LogP contribution >= 0.6 is 11.6 Å². The van der Waals surface area contributed by atoms with Crippen LogP contribution in [0.5, 0.6) is 28.9 Å². The van der Waals surface area contributed by atoms with Gasteiger partial charge in [0.1, 0.15) is 5.75 Å². The van der Waals surface area contributed by atoms with Crippen LogP contribution in [0, 0.1) is 6.92 Å². The van der Waals surface area contributed by atoms with Gasteiger partial charge in [-0.15, -0.1) is 10.2 Å². The third kappa shape index (κ3) is 3.64. The summed E-state index contributed by atoms with van der Waals surface area (Å²) in [7, 11) is 0. The van der Waals surface area contributed by atoms with Gasteiger partial charge in [-0.2, -0.15) is 0 Å². The molecule has 152 valence electrons. The number of carbonyl (C=O) groups is 1. The average Bonchev–Trinajstić information content (AvgIpc) is 3.47. The molecule has 0 spiro atoms. The molecular formula is C22H17ClN2O5. The molecule has 1 saturated carbocycles. The molecule has 0 saturated heterocycles. The maximum absolute atomic E-state index is 12.7. The highest BCUT2D eigenvalue weighted by atomic mass is 35.5. The molecule has 0 amide bonds. The molecule has 30 heavy (non-hydrogen) atoms. The Hall–Kier alpha value is -3.32. The Morgan fingerprint density at radius 2 is 1.93 bits per heavy atom. The predicted octanol–water partition coefficient (Wildman–Crippen LogP) is 5.06. The quantitative estimate of drug-likeness (QED) is 0.530. The van der Waals surface area contributed by atoms with Crippen molar-refractivity contribution in [2.75, 3.05) is 6.79 Å². The molecule has 7 nitrogen and oxygen atoms in total. The van der Waals surface area contributed by atoms with Gasteiger partial charge >= 0.3 is 5.97 Å². The van der Waals surface area contributed by atoms with Crippen LogP contribution in [0.2, 0.25) is 5.15 Å². The minimum atomic E-state index is -0.602. The smallest absolute Gasteiger partial charge is 0.343 e. The number of hydrogen-bond donors (Lipinski definition) is 0. The van der Waals surface area contributed by atoms with Crippen LogP contribution in [0.1, 0.15) is 40.2 Å². The first-order valence-corrected chi connectivity index (χ1v) is 9.88. The zero-order valence-electron chi connectivity index (χ0n) is 16.1. The van der Waals surface area contributed by atoms with Crippen molar-refractivity contribution in [1.29, 1.82) is 0 Å². The van der Waals surface area contributed by atoms with Gasteiger partial charge in [0.15, 0.2) is 22.4 Å². The highest BCUT2D eigenvalue weighted by Gasteiger charge is 2.28. The first-order valence-electron chi connectivity index (χ1n) is 9.51. The predicted molar refractivity (Wildman–Crippen MR) is 108 cm³/mol. The monoisotopic (exact) mass is 424 g/mol. The van der Waals surface area contributed by atoms with Crippen LogP contribution in [0.3, 0.4) is 0 Å². The topological polar surface area (TPSA) is 79.8 Å². The largest absolute Gasteiger partial charge is 0.454 e. The molecule has 0 atom stereocenters. The van der Waals surface area contributed by atoms with E-state index >= 15 is 0 Å². The second kappa shape index (κ2) is 7.50. The van der Waals surface area contributed by atoms with Crippen LogP contribution < -0.4 is 18.9 Å². The Bertz CT molecular complexity index is 1150. The minimum absolute atomic E-state index is 0.0738. The van der Waals surface area contributed by atoms with Crippen molar-refractivity contribution in [2.45, 2.75) is 25.7 Å².